The first kappa shape index (κ1) is 11.4. The molecular weight excluding hydrogens is 188 g/mol. The standard InChI is InChI=1S/C13H16O2/c1-4-10-15-13-9-7-6-8-11(13)12(5-2)14-3/h4-9H,1,10H2,2-3H3/b12-5+. The van der Waals surface area contributed by atoms with Crippen LogP contribution in [-0.2, 0) is 4.74 Å². The zero-order valence-corrected chi connectivity index (χ0v) is 9.19. The van der Waals surface area contributed by atoms with E-state index in [1.807, 2.05) is 37.3 Å². The van der Waals surface area contributed by atoms with E-state index in [2.05, 4.69) is 6.58 Å². The molecule has 0 aliphatic heterocycles. The molecule has 15 heavy (non-hydrogen) atoms. The highest BCUT2D eigenvalue weighted by atomic mass is 16.5. The number of benzene rings is 1. The number of allylic oxidation sites excluding steroid dienone is 1. The van der Waals surface area contributed by atoms with Crippen LogP contribution in [0.2, 0.25) is 0 Å². The summed E-state index contributed by atoms with van der Waals surface area (Å²) in [5.41, 5.74) is 0.962. The highest BCUT2D eigenvalue weighted by Gasteiger charge is 2.06. The lowest BCUT2D eigenvalue weighted by molar-refractivity contribution is 0.345. The van der Waals surface area contributed by atoms with Crippen molar-refractivity contribution in [3.63, 3.8) is 0 Å². The predicted octanol–water partition coefficient (Wildman–Crippen LogP) is 3.26. The Labute approximate surface area is 90.8 Å². The average molecular weight is 204 g/mol. The van der Waals surface area contributed by atoms with Crippen molar-refractivity contribution in [3.8, 4) is 5.75 Å². The molecule has 0 radical (unpaired) electrons. The maximum absolute atomic E-state index is 5.53. The molecule has 80 valence electrons. The fourth-order valence-electron chi connectivity index (χ4n) is 1.33. The van der Waals surface area contributed by atoms with Gasteiger partial charge in [-0.3, -0.25) is 0 Å². The first-order chi connectivity index (χ1) is 7.33. The van der Waals surface area contributed by atoms with E-state index in [1.54, 1.807) is 13.2 Å². The monoisotopic (exact) mass is 204 g/mol. The van der Waals surface area contributed by atoms with Crippen LogP contribution in [0, 0.1) is 0 Å². The van der Waals surface area contributed by atoms with Crippen molar-refractivity contribution in [2.24, 2.45) is 0 Å². The van der Waals surface area contributed by atoms with E-state index >= 15 is 0 Å². The summed E-state index contributed by atoms with van der Waals surface area (Å²) in [6.07, 6.45) is 3.63. The van der Waals surface area contributed by atoms with Crippen LogP contribution in [0.25, 0.3) is 5.76 Å². The molecule has 0 unspecified atom stereocenters. The Balaban J connectivity index is 2.99. The highest BCUT2D eigenvalue weighted by molar-refractivity contribution is 5.65. The number of ether oxygens (including phenoxy) is 2. The van der Waals surface area contributed by atoms with Gasteiger partial charge < -0.3 is 9.47 Å². The number of rotatable bonds is 5. The molecule has 0 amide bonds. The van der Waals surface area contributed by atoms with E-state index in [1.165, 1.54) is 0 Å². The third-order valence-corrected chi connectivity index (χ3v) is 1.99. The molecule has 0 bridgehead atoms. The molecule has 0 aromatic heterocycles. The first-order valence-electron chi connectivity index (χ1n) is 4.87. The molecular formula is C13H16O2. The minimum absolute atomic E-state index is 0.498. The zero-order chi connectivity index (χ0) is 11.1. The van der Waals surface area contributed by atoms with Gasteiger partial charge in [-0.05, 0) is 25.1 Å². The van der Waals surface area contributed by atoms with Gasteiger partial charge in [0.25, 0.3) is 0 Å². The Kier molecular flexibility index (Phi) is 4.48. The van der Waals surface area contributed by atoms with Crippen LogP contribution in [0.3, 0.4) is 0 Å². The van der Waals surface area contributed by atoms with Gasteiger partial charge in [0, 0.05) is 0 Å². The lowest BCUT2D eigenvalue weighted by Crippen LogP contribution is -1.97. The molecule has 0 heterocycles. The van der Waals surface area contributed by atoms with E-state index in [0.29, 0.717) is 6.61 Å². The minimum atomic E-state index is 0.498. The van der Waals surface area contributed by atoms with Crippen molar-refractivity contribution in [3.05, 3.63) is 48.6 Å². The van der Waals surface area contributed by atoms with Crippen LogP contribution in [0.4, 0.5) is 0 Å². The summed E-state index contributed by atoms with van der Waals surface area (Å²) in [5, 5.41) is 0. The van der Waals surface area contributed by atoms with Crippen LogP contribution in [0.5, 0.6) is 5.75 Å². The Morgan fingerprint density at radius 3 is 2.73 bits per heavy atom. The average Bonchev–Trinajstić information content (AvgIpc) is 2.29. The number of methoxy groups -OCH3 is 1. The second-order valence-electron chi connectivity index (χ2n) is 2.95. The third-order valence-electron chi connectivity index (χ3n) is 1.99. The maximum atomic E-state index is 5.53. The van der Waals surface area contributed by atoms with Crippen molar-refractivity contribution in [1.82, 2.24) is 0 Å². The van der Waals surface area contributed by atoms with Crippen molar-refractivity contribution in [1.29, 1.82) is 0 Å². The smallest absolute Gasteiger partial charge is 0.130 e. The van der Waals surface area contributed by atoms with Crippen LogP contribution < -0.4 is 4.74 Å². The van der Waals surface area contributed by atoms with Crippen LogP contribution >= 0.6 is 0 Å². The van der Waals surface area contributed by atoms with Gasteiger partial charge >= 0.3 is 0 Å². The minimum Gasteiger partial charge on any atom is -0.496 e. The summed E-state index contributed by atoms with van der Waals surface area (Å²) in [5.74, 6) is 1.63. The molecule has 0 spiro atoms. The highest BCUT2D eigenvalue weighted by Crippen LogP contribution is 2.26. The van der Waals surface area contributed by atoms with E-state index in [0.717, 1.165) is 17.1 Å². The van der Waals surface area contributed by atoms with E-state index < -0.39 is 0 Å². The summed E-state index contributed by atoms with van der Waals surface area (Å²) in [6, 6.07) is 7.78. The predicted molar refractivity (Wildman–Crippen MR) is 62.8 cm³/mol. The third kappa shape index (κ3) is 2.88. The number of para-hydroxylation sites is 1. The van der Waals surface area contributed by atoms with Crippen LogP contribution in [-0.4, -0.2) is 13.7 Å². The normalized spacial score (nSPS) is 10.9. The molecule has 2 nitrogen and oxygen atoms in total. The summed E-state index contributed by atoms with van der Waals surface area (Å²) in [6.45, 7) is 6.05. The lowest BCUT2D eigenvalue weighted by atomic mass is 10.1. The summed E-state index contributed by atoms with van der Waals surface area (Å²) in [4.78, 5) is 0. The van der Waals surface area contributed by atoms with Gasteiger partial charge in [-0.15, -0.1) is 0 Å². The van der Waals surface area contributed by atoms with Gasteiger partial charge in [-0.2, -0.15) is 0 Å². The SMILES string of the molecule is C=CCOc1ccccc1/C(=C\C)OC. The fraction of sp³-hybridized carbons (Fsp3) is 0.231. The Morgan fingerprint density at radius 1 is 1.40 bits per heavy atom. The zero-order valence-electron chi connectivity index (χ0n) is 9.19. The van der Waals surface area contributed by atoms with Crippen molar-refractivity contribution >= 4 is 5.76 Å². The van der Waals surface area contributed by atoms with Gasteiger partial charge in [-0.25, -0.2) is 0 Å². The van der Waals surface area contributed by atoms with Gasteiger partial charge in [0.15, 0.2) is 0 Å². The second kappa shape index (κ2) is 5.91. The molecule has 1 aromatic carbocycles. The van der Waals surface area contributed by atoms with E-state index in [9.17, 15) is 0 Å². The lowest BCUT2D eigenvalue weighted by Gasteiger charge is -2.11. The fourth-order valence-corrected chi connectivity index (χ4v) is 1.33. The van der Waals surface area contributed by atoms with Crippen LogP contribution in [0.15, 0.2) is 43.0 Å². The van der Waals surface area contributed by atoms with Gasteiger partial charge in [-0.1, -0.05) is 24.8 Å². The molecule has 0 saturated heterocycles. The van der Waals surface area contributed by atoms with E-state index in [4.69, 9.17) is 9.47 Å². The topological polar surface area (TPSA) is 18.5 Å². The first-order valence-corrected chi connectivity index (χ1v) is 4.87. The van der Waals surface area contributed by atoms with Gasteiger partial charge in [0.05, 0.1) is 12.7 Å². The maximum Gasteiger partial charge on any atom is 0.130 e. The summed E-state index contributed by atoms with van der Waals surface area (Å²) < 4.78 is 10.8. The van der Waals surface area contributed by atoms with E-state index in [-0.39, 0.29) is 0 Å². The van der Waals surface area contributed by atoms with Crippen molar-refractivity contribution in [2.45, 2.75) is 6.92 Å². The quantitative estimate of drug-likeness (QED) is 0.541. The summed E-state index contributed by atoms with van der Waals surface area (Å²) >= 11 is 0. The number of hydrogen-bond donors (Lipinski definition) is 0. The Bertz CT molecular complexity index is 353. The van der Waals surface area contributed by atoms with Crippen molar-refractivity contribution in [2.75, 3.05) is 13.7 Å². The molecule has 0 fully saturated rings. The largest absolute Gasteiger partial charge is 0.496 e. The molecule has 2 heteroatoms. The number of hydrogen-bond acceptors (Lipinski definition) is 2. The van der Waals surface area contributed by atoms with Crippen molar-refractivity contribution < 1.29 is 9.47 Å². The molecule has 0 saturated carbocycles. The van der Waals surface area contributed by atoms with Crippen LogP contribution in [0.1, 0.15) is 12.5 Å². The molecule has 0 aliphatic rings. The Morgan fingerprint density at radius 2 is 2.13 bits per heavy atom. The van der Waals surface area contributed by atoms with Gasteiger partial charge in [0.1, 0.15) is 18.1 Å². The second-order valence-corrected chi connectivity index (χ2v) is 2.95. The summed E-state index contributed by atoms with van der Waals surface area (Å²) in [7, 11) is 1.65. The molecule has 0 N–H and O–H groups in total. The molecule has 1 aromatic rings. The van der Waals surface area contributed by atoms with Gasteiger partial charge in [0.2, 0.25) is 0 Å². The molecule has 1 rings (SSSR count). The molecule has 0 atom stereocenters. The molecule has 0 aliphatic carbocycles. The Hall–Kier alpha value is -1.70.